The zero-order valence-corrected chi connectivity index (χ0v) is 15.4. The number of hydrogen-bond acceptors (Lipinski definition) is 6. The van der Waals surface area contributed by atoms with Gasteiger partial charge in [-0.15, -0.1) is 5.10 Å². The number of amides is 2. The summed E-state index contributed by atoms with van der Waals surface area (Å²) in [6.45, 7) is 0. The van der Waals surface area contributed by atoms with Gasteiger partial charge in [-0.3, -0.25) is 14.6 Å². The number of carbonyl (C=O) groups is 2. The third kappa shape index (κ3) is 3.63. The van der Waals surface area contributed by atoms with Crippen molar-refractivity contribution in [3.63, 3.8) is 0 Å². The Morgan fingerprint density at radius 3 is 2.72 bits per heavy atom. The first-order chi connectivity index (χ1) is 14.0. The van der Waals surface area contributed by atoms with E-state index in [0.717, 1.165) is 10.9 Å². The fourth-order valence-electron chi connectivity index (χ4n) is 2.86. The molecule has 4 aromatic rings. The average Bonchev–Trinajstić information content (AvgIpc) is 2.75. The van der Waals surface area contributed by atoms with Crippen LogP contribution in [-0.2, 0) is 0 Å². The third-order valence-corrected chi connectivity index (χ3v) is 4.33. The van der Waals surface area contributed by atoms with Crippen LogP contribution in [0.2, 0.25) is 0 Å². The number of hydrogen-bond donors (Lipinski definition) is 2. The summed E-state index contributed by atoms with van der Waals surface area (Å²) in [6.07, 6.45) is 1.45. The van der Waals surface area contributed by atoms with Gasteiger partial charge in [0.1, 0.15) is 16.9 Å². The number of nitrogens with zero attached hydrogens (tertiary/aromatic N) is 2. The van der Waals surface area contributed by atoms with Crippen LogP contribution < -0.4 is 21.5 Å². The summed E-state index contributed by atoms with van der Waals surface area (Å²) in [7, 11) is 1.54. The number of nitrogens with two attached hydrogens (primary N) is 1. The molecule has 2 amide bonds. The molecule has 3 N–H and O–H groups in total. The molecule has 0 bridgehead atoms. The predicted molar refractivity (Wildman–Crippen MR) is 106 cm³/mol. The van der Waals surface area contributed by atoms with E-state index in [-0.39, 0.29) is 11.1 Å². The van der Waals surface area contributed by atoms with E-state index in [4.69, 9.17) is 14.9 Å². The quantitative estimate of drug-likeness (QED) is 0.520. The Kier molecular flexibility index (Phi) is 4.66. The van der Waals surface area contributed by atoms with Crippen LogP contribution in [0.3, 0.4) is 0 Å². The van der Waals surface area contributed by atoms with Crippen molar-refractivity contribution >= 4 is 33.7 Å². The number of ether oxygens (including phenoxy) is 1. The Morgan fingerprint density at radius 2 is 1.93 bits per heavy atom. The Labute approximate surface area is 164 Å². The van der Waals surface area contributed by atoms with E-state index in [0.29, 0.717) is 22.3 Å². The lowest BCUT2D eigenvalue weighted by molar-refractivity contribution is 0.0946. The SMILES string of the molecule is COc1ccc2o/c(=N\NC(=O)c3cnc4ccccc4c3)c(C(N)=O)cc2c1. The highest BCUT2D eigenvalue weighted by atomic mass is 16.5. The van der Waals surface area contributed by atoms with Crippen LogP contribution >= 0.6 is 0 Å². The second kappa shape index (κ2) is 7.43. The third-order valence-electron chi connectivity index (χ3n) is 4.33. The lowest BCUT2D eigenvalue weighted by Gasteiger charge is -2.05. The van der Waals surface area contributed by atoms with Gasteiger partial charge in [-0.2, -0.15) is 0 Å². The number of methoxy groups -OCH3 is 1. The summed E-state index contributed by atoms with van der Waals surface area (Å²) < 4.78 is 10.8. The smallest absolute Gasteiger partial charge is 0.273 e. The van der Waals surface area contributed by atoms with Gasteiger partial charge in [0.15, 0.2) is 0 Å². The van der Waals surface area contributed by atoms with E-state index in [9.17, 15) is 9.59 Å². The average molecular weight is 388 g/mol. The van der Waals surface area contributed by atoms with Crippen LogP contribution in [0.15, 0.2) is 70.3 Å². The molecule has 2 aromatic carbocycles. The number of carbonyl (C=O) groups excluding carboxylic acids is 2. The number of nitrogens with one attached hydrogen (secondary N) is 1. The molecule has 2 aromatic heterocycles. The minimum absolute atomic E-state index is 0.0303. The van der Waals surface area contributed by atoms with E-state index in [1.807, 2.05) is 24.3 Å². The van der Waals surface area contributed by atoms with Crippen molar-refractivity contribution in [2.75, 3.05) is 7.11 Å². The topological polar surface area (TPSA) is 120 Å². The molecule has 0 saturated heterocycles. The number of benzene rings is 2. The van der Waals surface area contributed by atoms with E-state index in [1.54, 1.807) is 24.3 Å². The highest BCUT2D eigenvalue weighted by Crippen LogP contribution is 2.20. The van der Waals surface area contributed by atoms with E-state index >= 15 is 0 Å². The van der Waals surface area contributed by atoms with Crippen molar-refractivity contribution < 1.29 is 18.7 Å². The van der Waals surface area contributed by atoms with Gasteiger partial charge in [0, 0.05) is 17.0 Å². The molecule has 4 rings (SSSR count). The first-order valence-electron chi connectivity index (χ1n) is 8.66. The molecule has 29 heavy (non-hydrogen) atoms. The predicted octanol–water partition coefficient (Wildman–Crippen LogP) is 2.33. The summed E-state index contributed by atoms with van der Waals surface area (Å²) in [4.78, 5) is 28.5. The summed E-state index contributed by atoms with van der Waals surface area (Å²) in [6, 6.07) is 15.8. The molecule has 0 radical (unpaired) electrons. The summed E-state index contributed by atoms with van der Waals surface area (Å²) >= 11 is 0. The zero-order chi connectivity index (χ0) is 20.4. The molecule has 0 aliphatic rings. The summed E-state index contributed by atoms with van der Waals surface area (Å²) in [5.74, 6) is -0.632. The van der Waals surface area contributed by atoms with Gasteiger partial charge >= 0.3 is 0 Å². The van der Waals surface area contributed by atoms with Crippen LogP contribution in [0.1, 0.15) is 20.7 Å². The number of rotatable bonds is 4. The highest BCUT2D eigenvalue weighted by molar-refractivity contribution is 5.97. The van der Waals surface area contributed by atoms with Gasteiger partial charge in [-0.25, -0.2) is 5.43 Å². The maximum absolute atomic E-state index is 12.5. The molecule has 0 fully saturated rings. The lowest BCUT2D eigenvalue weighted by atomic mass is 10.1. The summed E-state index contributed by atoms with van der Waals surface area (Å²) in [5.41, 5.74) is 9.30. The molecule has 0 aliphatic carbocycles. The number of para-hydroxylation sites is 1. The fourth-order valence-corrected chi connectivity index (χ4v) is 2.86. The first-order valence-corrected chi connectivity index (χ1v) is 8.66. The maximum atomic E-state index is 12.5. The van der Waals surface area contributed by atoms with E-state index in [2.05, 4.69) is 15.5 Å². The lowest BCUT2D eigenvalue weighted by Crippen LogP contribution is -2.27. The van der Waals surface area contributed by atoms with Crippen LogP contribution in [0.4, 0.5) is 0 Å². The largest absolute Gasteiger partial charge is 0.497 e. The van der Waals surface area contributed by atoms with Gasteiger partial charge in [0.2, 0.25) is 5.55 Å². The Balaban J connectivity index is 1.71. The van der Waals surface area contributed by atoms with Crippen LogP contribution in [0.25, 0.3) is 21.9 Å². The molecule has 8 nitrogen and oxygen atoms in total. The molecular formula is C21H16N4O4. The van der Waals surface area contributed by atoms with Gasteiger partial charge in [0.25, 0.3) is 11.8 Å². The molecule has 0 atom stereocenters. The molecule has 2 heterocycles. The Bertz CT molecular complexity index is 1330. The number of fused-ring (bicyclic) bond motifs is 2. The zero-order valence-electron chi connectivity index (χ0n) is 15.4. The van der Waals surface area contributed by atoms with Crippen molar-refractivity contribution in [1.29, 1.82) is 0 Å². The molecule has 0 unspecified atom stereocenters. The highest BCUT2D eigenvalue weighted by Gasteiger charge is 2.12. The van der Waals surface area contributed by atoms with Crippen LogP contribution in [0.5, 0.6) is 5.75 Å². The number of pyridine rings is 1. The van der Waals surface area contributed by atoms with Crippen molar-refractivity contribution in [3.05, 3.63) is 77.5 Å². The molecule has 0 spiro atoms. The minimum Gasteiger partial charge on any atom is -0.497 e. The summed E-state index contributed by atoms with van der Waals surface area (Å²) in [5, 5.41) is 5.39. The van der Waals surface area contributed by atoms with Crippen molar-refractivity contribution in [1.82, 2.24) is 10.4 Å². The van der Waals surface area contributed by atoms with Gasteiger partial charge in [-0.05, 0) is 36.4 Å². The molecule has 8 heteroatoms. The Hall–Kier alpha value is -4.20. The molecule has 0 aliphatic heterocycles. The van der Waals surface area contributed by atoms with E-state index in [1.165, 1.54) is 19.4 Å². The molecule has 0 saturated carbocycles. The van der Waals surface area contributed by atoms with Crippen molar-refractivity contribution in [2.24, 2.45) is 10.8 Å². The van der Waals surface area contributed by atoms with Crippen LogP contribution in [-0.4, -0.2) is 23.9 Å². The number of primary amides is 1. The number of aromatic nitrogens is 1. The minimum atomic E-state index is -0.737. The van der Waals surface area contributed by atoms with Crippen LogP contribution in [0, 0.1) is 0 Å². The first kappa shape index (κ1) is 18.2. The second-order valence-electron chi connectivity index (χ2n) is 6.20. The van der Waals surface area contributed by atoms with Gasteiger partial charge in [-0.1, -0.05) is 18.2 Å². The fraction of sp³-hybridized carbons (Fsp3) is 0.0476. The van der Waals surface area contributed by atoms with Crippen molar-refractivity contribution in [3.8, 4) is 5.75 Å². The monoisotopic (exact) mass is 388 g/mol. The second-order valence-corrected chi connectivity index (χ2v) is 6.20. The maximum Gasteiger partial charge on any atom is 0.273 e. The van der Waals surface area contributed by atoms with Gasteiger partial charge < -0.3 is 14.9 Å². The van der Waals surface area contributed by atoms with Crippen molar-refractivity contribution in [2.45, 2.75) is 0 Å². The Morgan fingerprint density at radius 1 is 1.10 bits per heavy atom. The van der Waals surface area contributed by atoms with E-state index < -0.39 is 11.8 Å². The normalized spacial score (nSPS) is 11.6. The standard InChI is InChI=1S/C21H16N4O4/c1-28-15-6-7-18-13(9-15)10-16(19(22)26)21(29-18)25-24-20(27)14-8-12-4-2-3-5-17(12)23-11-14/h2-11H,1H3,(H2,22,26)(H,24,27)/b25-21-. The molecular weight excluding hydrogens is 372 g/mol. The van der Waals surface area contributed by atoms with Gasteiger partial charge in [0.05, 0.1) is 18.2 Å². The molecule has 144 valence electrons.